The molecule has 1 aromatic heterocycles. The van der Waals surface area contributed by atoms with Crippen molar-refractivity contribution in [3.05, 3.63) is 24.5 Å². The van der Waals surface area contributed by atoms with Crippen molar-refractivity contribution < 1.29 is 14.1 Å². The maximum Gasteiger partial charge on any atom is 0.292 e. The van der Waals surface area contributed by atoms with Gasteiger partial charge in [0, 0.05) is 25.2 Å². The molecule has 2 saturated heterocycles. The van der Waals surface area contributed by atoms with Gasteiger partial charge in [-0.05, 0) is 37.4 Å². The largest absolute Gasteiger partial charge is 0.479 e. The van der Waals surface area contributed by atoms with Gasteiger partial charge >= 0.3 is 0 Å². The van der Waals surface area contributed by atoms with Crippen LogP contribution < -0.4 is 4.74 Å². The molecule has 1 aromatic rings. The Kier molecular flexibility index (Phi) is 4.20. The second kappa shape index (κ2) is 6.12. The number of rotatable bonds is 4. The molecule has 6 nitrogen and oxygen atoms in total. The third kappa shape index (κ3) is 2.63. The number of hydrogen-bond donors (Lipinski definition) is 0. The van der Waals surface area contributed by atoms with Gasteiger partial charge < -0.3 is 14.2 Å². The molecule has 120 valence electrons. The number of carbonyl (C=O) groups is 1. The highest BCUT2D eigenvalue weighted by Crippen LogP contribution is 2.37. The monoisotopic (exact) mass is 305 g/mol. The number of aromatic nitrogens is 1. The Bertz CT molecular complexity index is 557. The molecule has 1 amide bonds. The lowest BCUT2D eigenvalue weighted by atomic mass is 9.86. The quantitative estimate of drug-likeness (QED) is 0.796. The fourth-order valence-corrected chi connectivity index (χ4v) is 3.79. The Hall–Kier alpha value is -1.82. The van der Waals surface area contributed by atoms with Gasteiger partial charge in [0.05, 0.1) is 13.2 Å². The van der Waals surface area contributed by atoms with Crippen molar-refractivity contribution in [1.29, 1.82) is 0 Å². The second-order valence-corrected chi connectivity index (χ2v) is 6.13. The van der Waals surface area contributed by atoms with E-state index in [2.05, 4.69) is 16.6 Å². The van der Waals surface area contributed by atoms with E-state index in [0.717, 1.165) is 45.4 Å². The smallest absolute Gasteiger partial charge is 0.292 e. The Balaban J connectivity index is 1.75. The molecule has 0 radical (unpaired) electrons. The Labute approximate surface area is 130 Å². The summed E-state index contributed by atoms with van der Waals surface area (Å²) in [5, 5.41) is 3.72. The van der Waals surface area contributed by atoms with Crippen LogP contribution in [-0.2, 0) is 0 Å². The topological polar surface area (TPSA) is 58.8 Å². The minimum atomic E-state index is -0.0969. The van der Waals surface area contributed by atoms with E-state index in [9.17, 15) is 4.79 Å². The molecular formula is C16H23N3O3. The molecule has 3 heterocycles. The maximum atomic E-state index is 12.6. The van der Waals surface area contributed by atoms with E-state index in [1.165, 1.54) is 13.5 Å². The first-order valence-corrected chi connectivity index (χ1v) is 7.84. The number of piperidine rings is 1. The SMILES string of the molecule is C=CCN1CCCC12CCCN(C(=O)c1cc(OC)no1)C2. The first-order chi connectivity index (χ1) is 10.7. The first kappa shape index (κ1) is 15.1. The zero-order valence-corrected chi connectivity index (χ0v) is 13.1. The molecule has 0 saturated carbocycles. The fourth-order valence-electron chi connectivity index (χ4n) is 3.79. The van der Waals surface area contributed by atoms with Gasteiger partial charge in [-0.15, -0.1) is 6.58 Å². The van der Waals surface area contributed by atoms with Crippen molar-refractivity contribution in [1.82, 2.24) is 15.0 Å². The number of likely N-dealkylation sites (tertiary alicyclic amines) is 2. The summed E-state index contributed by atoms with van der Waals surface area (Å²) in [5.41, 5.74) is 0.103. The number of nitrogens with zero attached hydrogens (tertiary/aromatic N) is 3. The van der Waals surface area contributed by atoms with Gasteiger partial charge in [0.2, 0.25) is 5.76 Å². The van der Waals surface area contributed by atoms with Gasteiger partial charge in [-0.3, -0.25) is 9.69 Å². The standard InChI is InChI=1S/C16H23N3O3/c1-3-8-19-10-5-7-16(19)6-4-9-18(12-16)15(20)13-11-14(21-2)17-22-13/h3,11H,1,4-10,12H2,2H3. The summed E-state index contributed by atoms with van der Waals surface area (Å²) >= 11 is 0. The predicted molar refractivity (Wildman–Crippen MR) is 81.9 cm³/mol. The van der Waals surface area contributed by atoms with Crippen LogP contribution in [0.2, 0.25) is 0 Å². The number of amides is 1. The van der Waals surface area contributed by atoms with E-state index >= 15 is 0 Å². The molecule has 6 heteroatoms. The van der Waals surface area contributed by atoms with Crippen LogP contribution in [-0.4, -0.2) is 59.7 Å². The van der Waals surface area contributed by atoms with Crippen LogP contribution in [0.3, 0.4) is 0 Å². The first-order valence-electron chi connectivity index (χ1n) is 7.84. The molecule has 2 fully saturated rings. The summed E-state index contributed by atoms with van der Waals surface area (Å²) in [6.45, 7) is 7.35. The van der Waals surface area contributed by atoms with Crippen LogP contribution in [0.25, 0.3) is 0 Å². The molecule has 1 spiro atoms. The lowest BCUT2D eigenvalue weighted by Crippen LogP contribution is -2.56. The number of ether oxygens (including phenoxy) is 1. The molecule has 3 rings (SSSR count). The number of hydrogen-bond acceptors (Lipinski definition) is 5. The van der Waals surface area contributed by atoms with Crippen molar-refractivity contribution in [2.24, 2.45) is 0 Å². The highest BCUT2D eigenvalue weighted by atomic mass is 16.5. The Morgan fingerprint density at radius 1 is 1.50 bits per heavy atom. The number of carbonyl (C=O) groups excluding carboxylic acids is 1. The van der Waals surface area contributed by atoms with Crippen LogP contribution in [0.1, 0.15) is 36.2 Å². The average Bonchev–Trinajstić information content (AvgIpc) is 3.15. The van der Waals surface area contributed by atoms with Gasteiger partial charge in [-0.25, -0.2) is 0 Å². The van der Waals surface area contributed by atoms with E-state index in [0.29, 0.717) is 5.88 Å². The third-order valence-electron chi connectivity index (χ3n) is 4.84. The van der Waals surface area contributed by atoms with Gasteiger partial charge in [-0.1, -0.05) is 6.08 Å². The second-order valence-electron chi connectivity index (χ2n) is 6.13. The maximum absolute atomic E-state index is 12.6. The fraction of sp³-hybridized carbons (Fsp3) is 0.625. The van der Waals surface area contributed by atoms with Crippen LogP contribution in [0, 0.1) is 0 Å². The predicted octanol–water partition coefficient (Wildman–Crippen LogP) is 1.94. The van der Waals surface area contributed by atoms with Crippen LogP contribution in [0.5, 0.6) is 5.88 Å². The van der Waals surface area contributed by atoms with Gasteiger partial charge in [0.25, 0.3) is 11.8 Å². The molecular weight excluding hydrogens is 282 g/mol. The lowest BCUT2D eigenvalue weighted by molar-refractivity contribution is 0.0338. The summed E-state index contributed by atoms with van der Waals surface area (Å²) < 4.78 is 10.1. The van der Waals surface area contributed by atoms with Crippen molar-refractivity contribution >= 4 is 5.91 Å². The van der Waals surface area contributed by atoms with Crippen molar-refractivity contribution in [2.45, 2.75) is 31.2 Å². The normalized spacial score (nSPS) is 25.6. The highest BCUT2D eigenvalue weighted by molar-refractivity contribution is 5.91. The molecule has 0 bridgehead atoms. The van der Waals surface area contributed by atoms with Crippen LogP contribution in [0.4, 0.5) is 0 Å². The average molecular weight is 305 g/mol. The Morgan fingerprint density at radius 3 is 2.95 bits per heavy atom. The highest BCUT2D eigenvalue weighted by Gasteiger charge is 2.44. The van der Waals surface area contributed by atoms with Gasteiger partial charge in [0.1, 0.15) is 0 Å². The molecule has 1 atom stereocenters. The van der Waals surface area contributed by atoms with Crippen molar-refractivity contribution in [3.63, 3.8) is 0 Å². The summed E-state index contributed by atoms with van der Waals surface area (Å²) in [5.74, 6) is 0.492. The molecule has 22 heavy (non-hydrogen) atoms. The zero-order chi connectivity index (χ0) is 15.6. The molecule has 2 aliphatic rings. The molecule has 2 aliphatic heterocycles. The molecule has 0 aromatic carbocycles. The summed E-state index contributed by atoms with van der Waals surface area (Å²) in [6, 6.07) is 1.56. The minimum Gasteiger partial charge on any atom is -0.479 e. The lowest BCUT2D eigenvalue weighted by Gasteiger charge is -2.45. The summed E-state index contributed by atoms with van der Waals surface area (Å²) in [6.07, 6.45) is 6.44. The van der Waals surface area contributed by atoms with E-state index < -0.39 is 0 Å². The summed E-state index contributed by atoms with van der Waals surface area (Å²) in [4.78, 5) is 17.0. The number of methoxy groups -OCH3 is 1. The van der Waals surface area contributed by atoms with E-state index in [4.69, 9.17) is 9.26 Å². The third-order valence-corrected chi connectivity index (χ3v) is 4.84. The van der Waals surface area contributed by atoms with Crippen molar-refractivity contribution in [2.75, 3.05) is 33.3 Å². The summed E-state index contributed by atoms with van der Waals surface area (Å²) in [7, 11) is 1.51. The van der Waals surface area contributed by atoms with E-state index in [-0.39, 0.29) is 17.2 Å². The molecule has 0 N–H and O–H groups in total. The van der Waals surface area contributed by atoms with Gasteiger partial charge in [-0.2, -0.15) is 0 Å². The van der Waals surface area contributed by atoms with Crippen LogP contribution in [0.15, 0.2) is 23.2 Å². The van der Waals surface area contributed by atoms with Gasteiger partial charge in [0.15, 0.2) is 0 Å². The zero-order valence-electron chi connectivity index (χ0n) is 13.1. The van der Waals surface area contributed by atoms with E-state index in [1.54, 1.807) is 6.07 Å². The van der Waals surface area contributed by atoms with Crippen molar-refractivity contribution in [3.8, 4) is 5.88 Å². The van der Waals surface area contributed by atoms with Crippen LogP contribution >= 0.6 is 0 Å². The minimum absolute atomic E-state index is 0.0969. The molecule has 1 unspecified atom stereocenters. The Morgan fingerprint density at radius 2 is 2.27 bits per heavy atom. The molecule has 0 aliphatic carbocycles. The van der Waals surface area contributed by atoms with E-state index in [1.807, 2.05) is 11.0 Å².